The summed E-state index contributed by atoms with van der Waals surface area (Å²) in [6, 6.07) is 21.7. The van der Waals surface area contributed by atoms with Gasteiger partial charge in [0.05, 0.1) is 6.61 Å². The number of phosphoric ester groups is 1. The number of phosphoric acid groups is 1. The van der Waals surface area contributed by atoms with Gasteiger partial charge in [0, 0.05) is 10.7 Å². The molecule has 0 aliphatic rings. The maximum atomic E-state index is 13.9. The molecule has 0 atom stereocenters. The minimum Gasteiger partial charge on any atom is -0.494 e. The molecule has 0 aliphatic carbocycles. The SMILES string of the molecule is CCCCCCCCCCCCCCCCOc1ccc(OP(=O)(Oc2cccc(CBr)c2)Oc2cccc(CBr)c2)cc1. The Morgan fingerprint density at radius 1 is 0.523 bits per heavy atom. The van der Waals surface area contributed by atoms with Crippen molar-refractivity contribution in [2.75, 3.05) is 6.61 Å². The highest BCUT2D eigenvalue weighted by Gasteiger charge is 2.33. The Labute approximate surface area is 282 Å². The molecule has 0 saturated heterocycles. The van der Waals surface area contributed by atoms with Crippen molar-refractivity contribution < 1.29 is 22.9 Å². The fraction of sp³-hybridized carbons (Fsp3) is 0.500. The number of hydrogen-bond acceptors (Lipinski definition) is 5. The Morgan fingerprint density at radius 3 is 1.39 bits per heavy atom. The molecule has 3 rings (SSSR count). The highest BCUT2D eigenvalue weighted by molar-refractivity contribution is 9.08. The standard InChI is InChI=1S/C36H49Br2O5P/c1-2-3-4-5-6-7-8-9-10-11-12-13-14-15-26-40-33-22-24-34(25-23-33)41-44(39,42-35-20-16-18-31(27-35)29-37)43-36-21-17-19-32(28-36)30-38/h16-25,27-28H,2-15,26,29-30H2,1H3. The van der Waals surface area contributed by atoms with Crippen LogP contribution in [-0.4, -0.2) is 6.61 Å². The van der Waals surface area contributed by atoms with E-state index in [2.05, 4.69) is 38.8 Å². The summed E-state index contributed by atoms with van der Waals surface area (Å²) in [6.07, 6.45) is 18.7. The molecule has 0 aliphatic heterocycles. The van der Waals surface area contributed by atoms with Crippen molar-refractivity contribution in [3.63, 3.8) is 0 Å². The minimum atomic E-state index is -4.09. The normalized spacial score (nSPS) is 11.3. The van der Waals surface area contributed by atoms with E-state index in [4.69, 9.17) is 18.3 Å². The molecule has 0 heterocycles. The zero-order valence-electron chi connectivity index (χ0n) is 26.2. The summed E-state index contributed by atoms with van der Waals surface area (Å²) in [5.41, 5.74) is 1.96. The molecule has 0 radical (unpaired) electrons. The molecule has 8 heteroatoms. The molecular formula is C36H49Br2O5P. The molecule has 0 unspecified atom stereocenters. The van der Waals surface area contributed by atoms with Crippen molar-refractivity contribution >= 4 is 39.7 Å². The topological polar surface area (TPSA) is 54.0 Å². The van der Waals surface area contributed by atoms with E-state index in [0.29, 0.717) is 34.5 Å². The Kier molecular flexibility index (Phi) is 18.0. The number of rotatable bonds is 24. The Hall–Kier alpha value is -1.95. The summed E-state index contributed by atoms with van der Waals surface area (Å²) in [5.74, 6) is 1.91. The van der Waals surface area contributed by atoms with Gasteiger partial charge < -0.3 is 18.3 Å². The molecule has 0 bridgehead atoms. The first-order chi connectivity index (χ1) is 21.5. The fourth-order valence-electron chi connectivity index (χ4n) is 4.90. The number of halogens is 2. The van der Waals surface area contributed by atoms with Crippen LogP contribution in [0.15, 0.2) is 72.8 Å². The van der Waals surface area contributed by atoms with Crippen LogP contribution in [0.25, 0.3) is 0 Å². The van der Waals surface area contributed by atoms with E-state index in [-0.39, 0.29) is 0 Å². The molecular weight excluding hydrogens is 703 g/mol. The molecule has 0 aromatic heterocycles. The van der Waals surface area contributed by atoms with Crippen LogP contribution in [-0.2, 0) is 15.2 Å². The minimum absolute atomic E-state index is 0.366. The van der Waals surface area contributed by atoms with E-state index in [9.17, 15) is 4.57 Å². The molecule has 0 saturated carbocycles. The molecule has 242 valence electrons. The second-order valence-electron chi connectivity index (χ2n) is 11.2. The number of alkyl halides is 2. The predicted molar refractivity (Wildman–Crippen MR) is 190 cm³/mol. The van der Waals surface area contributed by atoms with E-state index in [1.54, 1.807) is 36.4 Å². The van der Waals surface area contributed by atoms with Crippen molar-refractivity contribution in [3.05, 3.63) is 83.9 Å². The Balaban J connectivity index is 1.40. The van der Waals surface area contributed by atoms with E-state index in [1.165, 1.54) is 83.5 Å². The van der Waals surface area contributed by atoms with Crippen LogP contribution in [0.5, 0.6) is 23.0 Å². The van der Waals surface area contributed by atoms with E-state index >= 15 is 0 Å². The van der Waals surface area contributed by atoms with Gasteiger partial charge in [-0.1, -0.05) is 147 Å². The number of ether oxygens (including phenoxy) is 1. The lowest BCUT2D eigenvalue weighted by molar-refractivity contribution is 0.295. The summed E-state index contributed by atoms with van der Waals surface area (Å²) in [5, 5.41) is 1.29. The predicted octanol–water partition coefficient (Wildman–Crippen LogP) is 13.0. The van der Waals surface area contributed by atoms with Gasteiger partial charge in [0.25, 0.3) is 0 Å². The van der Waals surface area contributed by atoms with Gasteiger partial charge in [-0.25, -0.2) is 0 Å². The van der Waals surface area contributed by atoms with Crippen LogP contribution in [0.2, 0.25) is 0 Å². The highest BCUT2D eigenvalue weighted by Crippen LogP contribution is 2.50. The number of unbranched alkanes of at least 4 members (excludes halogenated alkanes) is 13. The van der Waals surface area contributed by atoms with Gasteiger partial charge in [0.15, 0.2) is 0 Å². The quantitative estimate of drug-likeness (QED) is 0.0518. The van der Waals surface area contributed by atoms with Crippen LogP contribution >= 0.6 is 39.7 Å². The molecule has 5 nitrogen and oxygen atoms in total. The smallest absolute Gasteiger partial charge is 0.494 e. The molecule has 3 aromatic rings. The lowest BCUT2D eigenvalue weighted by atomic mass is 10.0. The van der Waals surface area contributed by atoms with Crippen LogP contribution in [0, 0.1) is 0 Å². The average Bonchev–Trinajstić information content (AvgIpc) is 3.03. The average molecular weight is 753 g/mol. The van der Waals surface area contributed by atoms with Gasteiger partial charge in [-0.2, -0.15) is 4.57 Å². The first kappa shape index (κ1) is 36.5. The molecule has 0 N–H and O–H groups in total. The summed E-state index contributed by atoms with van der Waals surface area (Å²) in [6.45, 7) is 2.95. The third-order valence-electron chi connectivity index (χ3n) is 7.35. The first-order valence-corrected chi connectivity index (χ1v) is 20.0. The molecule has 0 spiro atoms. The van der Waals surface area contributed by atoms with E-state index in [1.807, 2.05) is 36.4 Å². The molecule has 0 fully saturated rings. The summed E-state index contributed by atoms with van der Waals surface area (Å²) >= 11 is 6.90. The summed E-state index contributed by atoms with van der Waals surface area (Å²) < 4.78 is 37.5. The Morgan fingerprint density at radius 2 is 0.932 bits per heavy atom. The van der Waals surface area contributed by atoms with Gasteiger partial charge in [0.2, 0.25) is 0 Å². The second-order valence-corrected chi connectivity index (χ2v) is 13.8. The van der Waals surface area contributed by atoms with Crippen LogP contribution in [0.1, 0.15) is 108 Å². The molecule has 44 heavy (non-hydrogen) atoms. The van der Waals surface area contributed by atoms with Crippen LogP contribution in [0.4, 0.5) is 0 Å². The number of hydrogen-bond donors (Lipinski definition) is 0. The van der Waals surface area contributed by atoms with Crippen molar-refractivity contribution in [1.82, 2.24) is 0 Å². The Bertz CT molecular complexity index is 1180. The van der Waals surface area contributed by atoms with E-state index in [0.717, 1.165) is 23.3 Å². The number of benzene rings is 3. The van der Waals surface area contributed by atoms with Crippen LogP contribution in [0.3, 0.4) is 0 Å². The molecule has 3 aromatic carbocycles. The van der Waals surface area contributed by atoms with Crippen molar-refractivity contribution in [1.29, 1.82) is 0 Å². The van der Waals surface area contributed by atoms with Gasteiger partial charge >= 0.3 is 7.82 Å². The highest BCUT2D eigenvalue weighted by atomic mass is 79.9. The van der Waals surface area contributed by atoms with Gasteiger partial charge in [-0.15, -0.1) is 0 Å². The van der Waals surface area contributed by atoms with Gasteiger partial charge in [0.1, 0.15) is 23.0 Å². The third kappa shape index (κ3) is 14.9. The summed E-state index contributed by atoms with van der Waals surface area (Å²) in [4.78, 5) is 0. The largest absolute Gasteiger partial charge is 0.647 e. The monoisotopic (exact) mass is 750 g/mol. The fourth-order valence-corrected chi connectivity index (χ4v) is 6.83. The van der Waals surface area contributed by atoms with Crippen LogP contribution < -0.4 is 18.3 Å². The zero-order valence-corrected chi connectivity index (χ0v) is 30.3. The summed E-state index contributed by atoms with van der Waals surface area (Å²) in [7, 11) is -4.09. The lowest BCUT2D eigenvalue weighted by Crippen LogP contribution is -2.08. The van der Waals surface area contributed by atoms with Crippen molar-refractivity contribution in [2.45, 2.75) is 107 Å². The van der Waals surface area contributed by atoms with Crippen molar-refractivity contribution in [3.8, 4) is 23.0 Å². The third-order valence-corrected chi connectivity index (χ3v) is 9.95. The van der Waals surface area contributed by atoms with Crippen molar-refractivity contribution in [2.24, 2.45) is 0 Å². The maximum absolute atomic E-state index is 13.9. The first-order valence-electron chi connectivity index (χ1n) is 16.2. The van der Waals surface area contributed by atoms with E-state index < -0.39 is 7.82 Å². The zero-order chi connectivity index (χ0) is 31.3. The lowest BCUT2D eigenvalue weighted by Gasteiger charge is -2.20. The van der Waals surface area contributed by atoms with Gasteiger partial charge in [-0.3, -0.25) is 0 Å². The van der Waals surface area contributed by atoms with Gasteiger partial charge in [-0.05, 0) is 66.1 Å². The second kappa shape index (κ2) is 21.7. The molecule has 0 amide bonds. The maximum Gasteiger partial charge on any atom is 0.647 e.